The van der Waals surface area contributed by atoms with Gasteiger partial charge in [-0.2, -0.15) is 0 Å². The summed E-state index contributed by atoms with van der Waals surface area (Å²) in [5.74, 6) is 1.30. The van der Waals surface area contributed by atoms with Crippen LogP contribution in [-0.2, 0) is 0 Å². The lowest BCUT2D eigenvalue weighted by Crippen LogP contribution is -2.14. The molecule has 4 nitrogen and oxygen atoms in total. The summed E-state index contributed by atoms with van der Waals surface area (Å²) in [5.41, 5.74) is 8.41. The van der Waals surface area contributed by atoms with Gasteiger partial charge in [-0.15, -0.1) is 0 Å². The van der Waals surface area contributed by atoms with E-state index >= 15 is 0 Å². The van der Waals surface area contributed by atoms with Crippen molar-refractivity contribution in [3.05, 3.63) is 59.2 Å². The van der Waals surface area contributed by atoms with E-state index in [0.717, 1.165) is 11.1 Å². The second-order valence-electron chi connectivity index (χ2n) is 4.40. The number of aryl methyl sites for hydroxylation is 2. The summed E-state index contributed by atoms with van der Waals surface area (Å²) in [4.78, 5) is 0. The smallest absolute Gasteiger partial charge is 0.173 e. The monoisotopic (exact) mass is 256 g/mol. The summed E-state index contributed by atoms with van der Waals surface area (Å²) >= 11 is 0. The van der Waals surface area contributed by atoms with Crippen molar-refractivity contribution in [2.75, 3.05) is 0 Å². The van der Waals surface area contributed by atoms with E-state index in [-0.39, 0.29) is 5.84 Å². The number of hydrogen-bond donors (Lipinski definition) is 2. The number of oxime groups is 1. The highest BCUT2D eigenvalue weighted by atomic mass is 16.5. The van der Waals surface area contributed by atoms with E-state index in [1.54, 1.807) is 0 Å². The molecular weight excluding hydrogens is 240 g/mol. The average Bonchev–Trinajstić information content (AvgIpc) is 2.42. The van der Waals surface area contributed by atoms with E-state index in [1.165, 1.54) is 0 Å². The van der Waals surface area contributed by atoms with Crippen LogP contribution in [0.3, 0.4) is 0 Å². The van der Waals surface area contributed by atoms with Crippen LogP contribution in [-0.4, -0.2) is 11.0 Å². The highest BCUT2D eigenvalue weighted by Crippen LogP contribution is 2.26. The fraction of sp³-hybridized carbons (Fsp3) is 0.133. The number of hydrogen-bond acceptors (Lipinski definition) is 3. The van der Waals surface area contributed by atoms with Crippen molar-refractivity contribution in [3.8, 4) is 11.5 Å². The number of ether oxygens (including phenoxy) is 1. The van der Waals surface area contributed by atoms with Crippen molar-refractivity contribution in [2.45, 2.75) is 13.8 Å². The largest absolute Gasteiger partial charge is 0.457 e. The Morgan fingerprint density at radius 3 is 2.32 bits per heavy atom. The van der Waals surface area contributed by atoms with Crippen molar-refractivity contribution in [3.63, 3.8) is 0 Å². The molecule has 0 saturated carbocycles. The SMILES string of the molecule is Cc1ccc(Oc2ccc(C)cc2/C(N)=N/O)cc1. The van der Waals surface area contributed by atoms with Crippen LogP contribution in [0.2, 0.25) is 0 Å². The van der Waals surface area contributed by atoms with E-state index in [9.17, 15) is 0 Å². The van der Waals surface area contributed by atoms with Crippen LogP contribution in [0.4, 0.5) is 0 Å². The Labute approximate surface area is 112 Å². The van der Waals surface area contributed by atoms with E-state index in [1.807, 2.05) is 56.3 Å². The Kier molecular flexibility index (Phi) is 3.71. The minimum atomic E-state index is 0.0332. The fourth-order valence-electron chi connectivity index (χ4n) is 1.72. The van der Waals surface area contributed by atoms with Gasteiger partial charge in [0.05, 0.1) is 5.56 Å². The molecule has 0 unspecified atom stereocenters. The Bertz CT molecular complexity index is 604. The lowest BCUT2D eigenvalue weighted by atomic mass is 10.1. The van der Waals surface area contributed by atoms with E-state index < -0.39 is 0 Å². The summed E-state index contributed by atoms with van der Waals surface area (Å²) in [7, 11) is 0. The lowest BCUT2D eigenvalue weighted by Gasteiger charge is -2.11. The summed E-state index contributed by atoms with van der Waals surface area (Å²) < 4.78 is 5.77. The third-order valence-electron chi connectivity index (χ3n) is 2.77. The average molecular weight is 256 g/mol. The van der Waals surface area contributed by atoms with E-state index in [4.69, 9.17) is 15.7 Å². The highest BCUT2D eigenvalue weighted by molar-refractivity contribution is 5.99. The first-order valence-corrected chi connectivity index (χ1v) is 5.93. The molecular formula is C15H16N2O2. The van der Waals surface area contributed by atoms with Crippen LogP contribution < -0.4 is 10.5 Å². The second-order valence-corrected chi connectivity index (χ2v) is 4.40. The molecule has 0 aliphatic rings. The zero-order chi connectivity index (χ0) is 13.8. The molecule has 0 radical (unpaired) electrons. The molecule has 0 heterocycles. The Balaban J connectivity index is 2.37. The number of amidine groups is 1. The summed E-state index contributed by atoms with van der Waals surface area (Å²) in [6, 6.07) is 13.2. The summed E-state index contributed by atoms with van der Waals surface area (Å²) in [5, 5.41) is 11.8. The molecule has 0 aliphatic carbocycles. The predicted molar refractivity (Wildman–Crippen MR) is 74.9 cm³/mol. The van der Waals surface area contributed by atoms with Crippen molar-refractivity contribution in [1.82, 2.24) is 0 Å². The molecule has 19 heavy (non-hydrogen) atoms. The number of rotatable bonds is 3. The Hall–Kier alpha value is -2.49. The van der Waals surface area contributed by atoms with Crippen LogP contribution in [0.5, 0.6) is 11.5 Å². The minimum absolute atomic E-state index is 0.0332. The third-order valence-corrected chi connectivity index (χ3v) is 2.77. The van der Waals surface area contributed by atoms with Crippen LogP contribution in [0.25, 0.3) is 0 Å². The molecule has 2 rings (SSSR count). The van der Waals surface area contributed by atoms with Crippen LogP contribution in [0.1, 0.15) is 16.7 Å². The van der Waals surface area contributed by atoms with Gasteiger partial charge in [-0.05, 0) is 38.1 Å². The number of benzene rings is 2. The maximum Gasteiger partial charge on any atom is 0.173 e. The molecule has 0 aliphatic heterocycles. The molecule has 98 valence electrons. The molecule has 0 amide bonds. The molecule has 0 atom stereocenters. The Morgan fingerprint density at radius 2 is 1.68 bits per heavy atom. The van der Waals surface area contributed by atoms with Gasteiger partial charge in [-0.3, -0.25) is 0 Å². The third kappa shape index (κ3) is 3.04. The normalized spacial score (nSPS) is 11.4. The maximum absolute atomic E-state index is 8.81. The fourth-order valence-corrected chi connectivity index (χ4v) is 1.72. The van der Waals surface area contributed by atoms with E-state index in [2.05, 4.69) is 5.16 Å². The summed E-state index contributed by atoms with van der Waals surface area (Å²) in [6.45, 7) is 3.95. The van der Waals surface area contributed by atoms with Gasteiger partial charge < -0.3 is 15.7 Å². The molecule has 2 aromatic rings. The van der Waals surface area contributed by atoms with Crippen LogP contribution in [0.15, 0.2) is 47.6 Å². The quantitative estimate of drug-likeness (QED) is 0.383. The molecule has 0 fully saturated rings. The lowest BCUT2D eigenvalue weighted by molar-refractivity contribution is 0.318. The molecule has 2 aromatic carbocycles. The van der Waals surface area contributed by atoms with Gasteiger partial charge in [0, 0.05) is 0 Å². The van der Waals surface area contributed by atoms with Gasteiger partial charge in [0.1, 0.15) is 11.5 Å². The van der Waals surface area contributed by atoms with Crippen molar-refractivity contribution >= 4 is 5.84 Å². The first kappa shape index (κ1) is 13.0. The van der Waals surface area contributed by atoms with E-state index in [0.29, 0.717) is 17.1 Å². The Morgan fingerprint density at radius 1 is 1.05 bits per heavy atom. The second kappa shape index (κ2) is 5.44. The zero-order valence-electron chi connectivity index (χ0n) is 10.9. The zero-order valence-corrected chi connectivity index (χ0v) is 10.9. The predicted octanol–water partition coefficient (Wildman–Crippen LogP) is 3.19. The number of nitrogens with two attached hydrogens (primary N) is 1. The standard InChI is InChI=1S/C15H16N2O2/c1-10-3-6-12(7-4-10)19-14-8-5-11(2)9-13(14)15(16)17-18/h3-9,18H,1-2H3,(H2,16,17). The first-order chi connectivity index (χ1) is 9.10. The first-order valence-electron chi connectivity index (χ1n) is 5.93. The molecule has 0 saturated heterocycles. The van der Waals surface area contributed by atoms with Gasteiger partial charge in [0.2, 0.25) is 0 Å². The summed E-state index contributed by atoms with van der Waals surface area (Å²) in [6.07, 6.45) is 0. The van der Waals surface area contributed by atoms with Gasteiger partial charge in [-0.1, -0.05) is 34.5 Å². The van der Waals surface area contributed by atoms with Gasteiger partial charge in [-0.25, -0.2) is 0 Å². The van der Waals surface area contributed by atoms with Crippen molar-refractivity contribution in [2.24, 2.45) is 10.9 Å². The minimum Gasteiger partial charge on any atom is -0.457 e. The van der Waals surface area contributed by atoms with Gasteiger partial charge >= 0.3 is 0 Å². The van der Waals surface area contributed by atoms with Crippen molar-refractivity contribution < 1.29 is 9.94 Å². The molecule has 0 aromatic heterocycles. The number of nitrogens with zero attached hydrogens (tertiary/aromatic N) is 1. The van der Waals surface area contributed by atoms with Crippen LogP contribution in [0, 0.1) is 13.8 Å². The molecule has 3 N–H and O–H groups in total. The van der Waals surface area contributed by atoms with Crippen molar-refractivity contribution in [1.29, 1.82) is 0 Å². The molecule has 4 heteroatoms. The highest BCUT2D eigenvalue weighted by Gasteiger charge is 2.09. The maximum atomic E-state index is 8.81. The van der Waals surface area contributed by atoms with Gasteiger partial charge in [0.25, 0.3) is 0 Å². The molecule has 0 bridgehead atoms. The molecule has 0 spiro atoms. The topological polar surface area (TPSA) is 67.8 Å². The van der Waals surface area contributed by atoms with Crippen LogP contribution >= 0.6 is 0 Å². The van der Waals surface area contributed by atoms with Gasteiger partial charge in [0.15, 0.2) is 5.84 Å².